The van der Waals surface area contributed by atoms with Gasteiger partial charge < -0.3 is 5.32 Å². The van der Waals surface area contributed by atoms with E-state index in [1.54, 1.807) is 0 Å². The van der Waals surface area contributed by atoms with E-state index in [4.69, 9.17) is 0 Å². The fourth-order valence-corrected chi connectivity index (χ4v) is 3.07. The number of nitrogens with one attached hydrogen (secondary N) is 1. The highest BCUT2D eigenvalue weighted by atomic mass is 15.2. The second-order valence-electron chi connectivity index (χ2n) is 5.91. The molecule has 1 fully saturated rings. The second-order valence-corrected chi connectivity index (χ2v) is 5.91. The molecule has 2 heteroatoms. The SMILES string of the molecule is CCCCC(C)N1CC(c2ccccc2)NCC1C. The minimum atomic E-state index is 0.487. The number of rotatable bonds is 5. The van der Waals surface area contributed by atoms with Crippen LogP contribution in [0.1, 0.15) is 51.6 Å². The zero-order valence-electron chi connectivity index (χ0n) is 12.6. The number of nitrogens with zero attached hydrogens (tertiary/aromatic N) is 1. The molecular formula is C17H28N2. The van der Waals surface area contributed by atoms with Gasteiger partial charge in [0.15, 0.2) is 0 Å². The Morgan fingerprint density at radius 2 is 2.05 bits per heavy atom. The summed E-state index contributed by atoms with van der Waals surface area (Å²) in [5, 5.41) is 3.68. The summed E-state index contributed by atoms with van der Waals surface area (Å²) in [4.78, 5) is 2.68. The summed E-state index contributed by atoms with van der Waals surface area (Å²) in [5.74, 6) is 0. The molecule has 0 amide bonds. The predicted molar refractivity (Wildman–Crippen MR) is 82.3 cm³/mol. The maximum absolute atomic E-state index is 3.68. The molecule has 0 radical (unpaired) electrons. The second kappa shape index (κ2) is 7.06. The molecule has 0 aromatic heterocycles. The summed E-state index contributed by atoms with van der Waals surface area (Å²) in [6, 6.07) is 12.7. The quantitative estimate of drug-likeness (QED) is 0.870. The molecule has 1 saturated heterocycles. The Bertz CT molecular complexity index is 363. The molecule has 1 N–H and O–H groups in total. The van der Waals surface area contributed by atoms with Crippen molar-refractivity contribution in [1.29, 1.82) is 0 Å². The van der Waals surface area contributed by atoms with Crippen LogP contribution in [-0.4, -0.2) is 30.1 Å². The Morgan fingerprint density at radius 3 is 2.74 bits per heavy atom. The van der Waals surface area contributed by atoms with Crippen molar-refractivity contribution in [3.8, 4) is 0 Å². The molecule has 1 aromatic rings. The van der Waals surface area contributed by atoms with Gasteiger partial charge in [0.25, 0.3) is 0 Å². The molecule has 1 aromatic carbocycles. The van der Waals surface area contributed by atoms with Crippen LogP contribution in [-0.2, 0) is 0 Å². The van der Waals surface area contributed by atoms with E-state index in [0.717, 1.165) is 13.1 Å². The predicted octanol–water partition coefficient (Wildman–Crippen LogP) is 3.60. The van der Waals surface area contributed by atoms with Crippen molar-refractivity contribution in [3.05, 3.63) is 35.9 Å². The number of unbranched alkanes of at least 4 members (excludes halogenated alkanes) is 1. The molecule has 0 spiro atoms. The van der Waals surface area contributed by atoms with Gasteiger partial charge in [-0.1, -0.05) is 50.1 Å². The minimum absolute atomic E-state index is 0.487. The van der Waals surface area contributed by atoms with Gasteiger partial charge >= 0.3 is 0 Å². The largest absolute Gasteiger partial charge is 0.307 e. The van der Waals surface area contributed by atoms with Crippen LogP contribution in [0.4, 0.5) is 0 Å². The fraction of sp³-hybridized carbons (Fsp3) is 0.647. The first-order chi connectivity index (χ1) is 9.22. The Kier molecular flexibility index (Phi) is 5.41. The molecule has 0 aliphatic carbocycles. The van der Waals surface area contributed by atoms with Crippen LogP contribution in [0.5, 0.6) is 0 Å². The Hall–Kier alpha value is -0.860. The molecule has 106 valence electrons. The number of hydrogen-bond acceptors (Lipinski definition) is 2. The highest BCUT2D eigenvalue weighted by Crippen LogP contribution is 2.23. The van der Waals surface area contributed by atoms with E-state index in [2.05, 4.69) is 61.3 Å². The molecular weight excluding hydrogens is 232 g/mol. The van der Waals surface area contributed by atoms with Crippen molar-refractivity contribution < 1.29 is 0 Å². The van der Waals surface area contributed by atoms with Crippen LogP contribution >= 0.6 is 0 Å². The average Bonchev–Trinajstić information content (AvgIpc) is 2.46. The van der Waals surface area contributed by atoms with Gasteiger partial charge in [-0.15, -0.1) is 0 Å². The average molecular weight is 260 g/mol. The lowest BCUT2D eigenvalue weighted by Crippen LogP contribution is -2.54. The third-order valence-corrected chi connectivity index (χ3v) is 4.36. The molecule has 1 heterocycles. The van der Waals surface area contributed by atoms with Crippen molar-refractivity contribution in [2.45, 2.75) is 58.2 Å². The van der Waals surface area contributed by atoms with Crippen LogP contribution in [0.2, 0.25) is 0 Å². The van der Waals surface area contributed by atoms with E-state index in [9.17, 15) is 0 Å². The molecule has 3 atom stereocenters. The summed E-state index contributed by atoms with van der Waals surface area (Å²) in [7, 11) is 0. The Morgan fingerprint density at radius 1 is 1.32 bits per heavy atom. The first-order valence-electron chi connectivity index (χ1n) is 7.76. The van der Waals surface area contributed by atoms with Crippen molar-refractivity contribution >= 4 is 0 Å². The number of hydrogen-bond donors (Lipinski definition) is 1. The van der Waals surface area contributed by atoms with Gasteiger partial charge in [-0.3, -0.25) is 4.90 Å². The molecule has 1 aliphatic heterocycles. The maximum atomic E-state index is 3.68. The summed E-state index contributed by atoms with van der Waals surface area (Å²) in [6.07, 6.45) is 3.96. The maximum Gasteiger partial charge on any atom is 0.0450 e. The van der Waals surface area contributed by atoms with Crippen molar-refractivity contribution in [1.82, 2.24) is 10.2 Å². The van der Waals surface area contributed by atoms with Crippen LogP contribution in [0.3, 0.4) is 0 Å². The van der Waals surface area contributed by atoms with Gasteiger partial charge in [0.2, 0.25) is 0 Å². The van der Waals surface area contributed by atoms with E-state index in [-0.39, 0.29) is 0 Å². The van der Waals surface area contributed by atoms with Crippen molar-refractivity contribution in [2.75, 3.05) is 13.1 Å². The van der Waals surface area contributed by atoms with E-state index in [1.807, 2.05) is 0 Å². The summed E-state index contributed by atoms with van der Waals surface area (Å²) in [6.45, 7) is 9.24. The highest BCUT2D eigenvalue weighted by Gasteiger charge is 2.28. The molecule has 0 saturated carbocycles. The number of benzene rings is 1. The van der Waals surface area contributed by atoms with Crippen molar-refractivity contribution in [3.63, 3.8) is 0 Å². The van der Waals surface area contributed by atoms with Crippen molar-refractivity contribution in [2.24, 2.45) is 0 Å². The summed E-state index contributed by atoms with van der Waals surface area (Å²) < 4.78 is 0. The van der Waals surface area contributed by atoms with Gasteiger partial charge in [-0.05, 0) is 25.8 Å². The number of piperazine rings is 1. The smallest absolute Gasteiger partial charge is 0.0450 e. The molecule has 2 nitrogen and oxygen atoms in total. The van der Waals surface area contributed by atoms with Gasteiger partial charge in [0.05, 0.1) is 0 Å². The fourth-order valence-electron chi connectivity index (χ4n) is 3.07. The van der Waals surface area contributed by atoms with E-state index >= 15 is 0 Å². The van der Waals surface area contributed by atoms with Gasteiger partial charge in [-0.2, -0.15) is 0 Å². The third kappa shape index (κ3) is 3.80. The van der Waals surface area contributed by atoms with E-state index in [0.29, 0.717) is 18.1 Å². The molecule has 1 aliphatic rings. The highest BCUT2D eigenvalue weighted by molar-refractivity contribution is 5.20. The van der Waals surface area contributed by atoms with Crippen LogP contribution in [0.25, 0.3) is 0 Å². The zero-order valence-corrected chi connectivity index (χ0v) is 12.6. The Labute approximate surface area is 118 Å². The lowest BCUT2D eigenvalue weighted by molar-refractivity contribution is 0.0931. The van der Waals surface area contributed by atoms with Gasteiger partial charge in [0.1, 0.15) is 0 Å². The lowest BCUT2D eigenvalue weighted by Gasteiger charge is -2.42. The standard InChI is InChI=1S/C17H28N2/c1-4-5-9-14(2)19-13-17(18-12-15(19)3)16-10-7-6-8-11-16/h6-8,10-11,14-15,17-18H,4-5,9,12-13H2,1-3H3. The van der Waals surface area contributed by atoms with E-state index in [1.165, 1.54) is 24.8 Å². The van der Waals surface area contributed by atoms with E-state index < -0.39 is 0 Å². The van der Waals surface area contributed by atoms with Gasteiger partial charge in [0, 0.05) is 31.2 Å². The Balaban J connectivity index is 1.99. The van der Waals surface area contributed by atoms with Crippen LogP contribution in [0, 0.1) is 0 Å². The molecule has 3 unspecified atom stereocenters. The van der Waals surface area contributed by atoms with Gasteiger partial charge in [-0.25, -0.2) is 0 Å². The van der Waals surface area contributed by atoms with Crippen LogP contribution in [0.15, 0.2) is 30.3 Å². The van der Waals surface area contributed by atoms with Crippen LogP contribution < -0.4 is 5.32 Å². The monoisotopic (exact) mass is 260 g/mol. The molecule has 19 heavy (non-hydrogen) atoms. The first kappa shape index (κ1) is 14.5. The zero-order chi connectivity index (χ0) is 13.7. The first-order valence-corrected chi connectivity index (χ1v) is 7.76. The summed E-state index contributed by atoms with van der Waals surface area (Å²) in [5.41, 5.74) is 1.42. The topological polar surface area (TPSA) is 15.3 Å². The minimum Gasteiger partial charge on any atom is -0.307 e. The third-order valence-electron chi connectivity index (χ3n) is 4.36. The normalized spacial score (nSPS) is 26.3. The lowest BCUT2D eigenvalue weighted by atomic mass is 9.99. The summed E-state index contributed by atoms with van der Waals surface area (Å²) >= 11 is 0. The molecule has 0 bridgehead atoms. The molecule has 2 rings (SSSR count).